The molecule has 0 aromatic heterocycles. The van der Waals surface area contributed by atoms with Gasteiger partial charge in [0, 0.05) is 0 Å². The number of aliphatic hydroxyl groups excluding tert-OH is 1. The summed E-state index contributed by atoms with van der Waals surface area (Å²) >= 11 is 0. The third-order valence-corrected chi connectivity index (χ3v) is 1.31. The van der Waals surface area contributed by atoms with E-state index in [-0.39, 0.29) is 0 Å². The highest BCUT2D eigenvalue weighted by Crippen LogP contribution is 2.26. The number of allylic oxidation sites excluding steroid dienone is 2. The average Bonchev–Trinajstić information content (AvgIpc) is 1.91. The van der Waals surface area contributed by atoms with Crippen LogP contribution in [0.25, 0.3) is 0 Å². The summed E-state index contributed by atoms with van der Waals surface area (Å²) in [6.07, 6.45) is -1.24. The smallest absolute Gasteiger partial charge is 0.504 e. The molecule has 0 saturated heterocycles. The van der Waals surface area contributed by atoms with Crippen molar-refractivity contribution in [1.82, 2.24) is 0 Å². The molecule has 1 aliphatic rings. The summed E-state index contributed by atoms with van der Waals surface area (Å²) < 4.78 is 38.4. The van der Waals surface area contributed by atoms with E-state index in [9.17, 15) is 13.2 Å². The van der Waals surface area contributed by atoms with Gasteiger partial charge in [0.1, 0.15) is 0 Å². The molecule has 5 heteroatoms. The van der Waals surface area contributed by atoms with Crippen LogP contribution in [0, 0.1) is 0 Å². The molecular weight excluding hydrogens is 173 g/mol. The van der Waals surface area contributed by atoms with E-state index in [4.69, 9.17) is 5.11 Å². The van der Waals surface area contributed by atoms with E-state index in [0.717, 1.165) is 0 Å². The molecule has 0 aliphatic heterocycles. The first-order chi connectivity index (χ1) is 5.49. The molecule has 1 rings (SSSR count). The molecule has 2 nitrogen and oxygen atoms in total. The van der Waals surface area contributed by atoms with Gasteiger partial charge >= 0.3 is 6.36 Å². The topological polar surface area (TPSA) is 29.5 Å². The molecule has 0 aromatic carbocycles. The molecule has 0 spiro atoms. The molecule has 1 N–H and O–H groups in total. The van der Waals surface area contributed by atoms with Gasteiger partial charge in [-0.15, -0.1) is 13.2 Å². The molecule has 68 valence electrons. The van der Waals surface area contributed by atoms with Gasteiger partial charge in [-0.05, 0) is 25.0 Å². The molecule has 0 atom stereocenters. The second-order valence-corrected chi connectivity index (χ2v) is 2.28. The van der Waals surface area contributed by atoms with Crippen LogP contribution in [0.15, 0.2) is 23.7 Å². The van der Waals surface area contributed by atoms with Crippen molar-refractivity contribution >= 4 is 0 Å². The molecule has 0 fully saturated rings. The molecule has 0 aromatic rings. The second-order valence-electron chi connectivity index (χ2n) is 2.28. The van der Waals surface area contributed by atoms with E-state index in [1.807, 2.05) is 0 Å². The van der Waals surface area contributed by atoms with Gasteiger partial charge in [-0.2, -0.15) is 0 Å². The largest absolute Gasteiger partial charge is 0.573 e. The summed E-state index contributed by atoms with van der Waals surface area (Å²) in [5, 5.41) is 8.90. The summed E-state index contributed by atoms with van der Waals surface area (Å²) in [5.74, 6) is -0.952. The van der Waals surface area contributed by atoms with Crippen LogP contribution >= 0.6 is 0 Å². The SMILES string of the molecule is OC1=CCCC=C1OC(F)(F)F. The maximum atomic E-state index is 11.6. The van der Waals surface area contributed by atoms with E-state index in [1.165, 1.54) is 12.2 Å². The zero-order valence-corrected chi connectivity index (χ0v) is 6.06. The standard InChI is InChI=1S/C7H7F3O2/c8-7(9,10)12-6-4-2-1-3-5(6)11/h3-4,11H,1-2H2. The Hall–Kier alpha value is -1.13. The van der Waals surface area contributed by atoms with Gasteiger partial charge in [0.25, 0.3) is 0 Å². The Balaban J connectivity index is 2.64. The number of halogens is 3. The minimum atomic E-state index is -4.73. The number of aliphatic hydroxyl groups is 1. The molecule has 0 bridgehead atoms. The van der Waals surface area contributed by atoms with Crippen molar-refractivity contribution in [2.24, 2.45) is 0 Å². The summed E-state index contributed by atoms with van der Waals surface area (Å²) in [6, 6.07) is 0. The van der Waals surface area contributed by atoms with E-state index < -0.39 is 17.9 Å². The monoisotopic (exact) mass is 180 g/mol. The zero-order valence-electron chi connectivity index (χ0n) is 6.06. The Morgan fingerprint density at radius 1 is 1.25 bits per heavy atom. The summed E-state index contributed by atoms with van der Waals surface area (Å²) in [7, 11) is 0. The Bertz CT molecular complexity index is 227. The Labute approximate surface area is 66.9 Å². The van der Waals surface area contributed by atoms with Crippen molar-refractivity contribution in [3.8, 4) is 0 Å². The van der Waals surface area contributed by atoms with Crippen molar-refractivity contribution in [3.05, 3.63) is 23.7 Å². The molecule has 0 unspecified atom stereocenters. The van der Waals surface area contributed by atoms with Crippen LogP contribution in [-0.4, -0.2) is 11.5 Å². The highest BCUT2D eigenvalue weighted by Gasteiger charge is 2.33. The van der Waals surface area contributed by atoms with Crippen molar-refractivity contribution < 1.29 is 23.0 Å². The highest BCUT2D eigenvalue weighted by atomic mass is 19.4. The minimum Gasteiger partial charge on any atom is -0.504 e. The Morgan fingerprint density at radius 3 is 2.33 bits per heavy atom. The van der Waals surface area contributed by atoms with Crippen LogP contribution in [-0.2, 0) is 4.74 Å². The molecule has 0 amide bonds. The lowest BCUT2D eigenvalue weighted by Gasteiger charge is -2.14. The quantitative estimate of drug-likeness (QED) is 0.672. The fourth-order valence-corrected chi connectivity index (χ4v) is 0.858. The van der Waals surface area contributed by atoms with Crippen molar-refractivity contribution in [2.45, 2.75) is 19.2 Å². The third-order valence-electron chi connectivity index (χ3n) is 1.31. The van der Waals surface area contributed by atoms with E-state index in [1.54, 1.807) is 0 Å². The number of rotatable bonds is 1. The molecule has 12 heavy (non-hydrogen) atoms. The second kappa shape index (κ2) is 3.08. The van der Waals surface area contributed by atoms with Gasteiger partial charge < -0.3 is 9.84 Å². The van der Waals surface area contributed by atoms with Crippen LogP contribution in [0.5, 0.6) is 0 Å². The first-order valence-corrected chi connectivity index (χ1v) is 3.34. The molecule has 0 radical (unpaired) electrons. The number of alkyl halides is 3. The summed E-state index contributed by atoms with van der Waals surface area (Å²) in [6.45, 7) is 0. The highest BCUT2D eigenvalue weighted by molar-refractivity contribution is 5.22. The molecule has 0 heterocycles. The maximum absolute atomic E-state index is 11.6. The van der Waals surface area contributed by atoms with Crippen LogP contribution < -0.4 is 0 Å². The Morgan fingerprint density at radius 2 is 1.83 bits per heavy atom. The molecular formula is C7H7F3O2. The van der Waals surface area contributed by atoms with Crippen LogP contribution in [0.4, 0.5) is 13.2 Å². The first kappa shape index (κ1) is 8.96. The predicted molar refractivity (Wildman–Crippen MR) is 35.2 cm³/mol. The number of hydrogen-bond donors (Lipinski definition) is 1. The van der Waals surface area contributed by atoms with Crippen LogP contribution in [0.1, 0.15) is 12.8 Å². The minimum absolute atomic E-state index is 0.446. The Kier molecular flexibility index (Phi) is 2.30. The zero-order chi connectivity index (χ0) is 9.19. The van der Waals surface area contributed by atoms with Gasteiger partial charge in [0.05, 0.1) is 0 Å². The average molecular weight is 180 g/mol. The normalized spacial score (nSPS) is 18.2. The van der Waals surface area contributed by atoms with Gasteiger partial charge in [-0.25, -0.2) is 0 Å². The van der Waals surface area contributed by atoms with Crippen LogP contribution in [0.2, 0.25) is 0 Å². The number of hydrogen-bond acceptors (Lipinski definition) is 2. The molecule has 1 aliphatic carbocycles. The lowest BCUT2D eigenvalue weighted by molar-refractivity contribution is -0.305. The lowest BCUT2D eigenvalue weighted by Crippen LogP contribution is -2.14. The van der Waals surface area contributed by atoms with Crippen molar-refractivity contribution in [3.63, 3.8) is 0 Å². The summed E-state index contributed by atoms with van der Waals surface area (Å²) in [5.41, 5.74) is 0. The lowest BCUT2D eigenvalue weighted by atomic mass is 10.1. The molecule has 0 saturated carbocycles. The van der Waals surface area contributed by atoms with E-state index >= 15 is 0 Å². The van der Waals surface area contributed by atoms with E-state index in [2.05, 4.69) is 4.74 Å². The first-order valence-electron chi connectivity index (χ1n) is 3.34. The van der Waals surface area contributed by atoms with Crippen LogP contribution in [0.3, 0.4) is 0 Å². The fraction of sp³-hybridized carbons (Fsp3) is 0.429. The van der Waals surface area contributed by atoms with Gasteiger partial charge in [0.15, 0.2) is 11.5 Å². The number of ether oxygens (including phenoxy) is 1. The predicted octanol–water partition coefficient (Wildman–Crippen LogP) is 2.64. The van der Waals surface area contributed by atoms with Crippen molar-refractivity contribution in [2.75, 3.05) is 0 Å². The third kappa shape index (κ3) is 2.48. The van der Waals surface area contributed by atoms with E-state index in [0.29, 0.717) is 12.8 Å². The van der Waals surface area contributed by atoms with Gasteiger partial charge in [0.2, 0.25) is 0 Å². The van der Waals surface area contributed by atoms with Crippen molar-refractivity contribution in [1.29, 1.82) is 0 Å². The summed E-state index contributed by atoms with van der Waals surface area (Å²) in [4.78, 5) is 0. The van der Waals surface area contributed by atoms with Gasteiger partial charge in [-0.3, -0.25) is 0 Å². The fourth-order valence-electron chi connectivity index (χ4n) is 0.858. The maximum Gasteiger partial charge on any atom is 0.573 e. The van der Waals surface area contributed by atoms with Gasteiger partial charge in [-0.1, -0.05) is 0 Å².